The molecular formula is C19H31FIN5O. The zero-order valence-electron chi connectivity index (χ0n) is 16.1. The number of benzene rings is 1. The van der Waals surface area contributed by atoms with Gasteiger partial charge in [-0.2, -0.15) is 0 Å². The van der Waals surface area contributed by atoms with Gasteiger partial charge in [0.15, 0.2) is 5.96 Å². The SMILES string of the molecule is CN=C(NCCCN1CCCCC1C)NCC(=O)Nc1cccc(F)c1.I. The number of nitrogens with one attached hydrogen (secondary N) is 3. The van der Waals surface area contributed by atoms with Crippen molar-refractivity contribution >= 4 is 41.5 Å². The highest BCUT2D eigenvalue weighted by atomic mass is 127. The van der Waals surface area contributed by atoms with Crippen molar-refractivity contribution in [3.63, 3.8) is 0 Å². The van der Waals surface area contributed by atoms with Crippen molar-refractivity contribution < 1.29 is 9.18 Å². The summed E-state index contributed by atoms with van der Waals surface area (Å²) in [6.45, 7) is 5.43. The molecule has 6 nitrogen and oxygen atoms in total. The quantitative estimate of drug-likeness (QED) is 0.238. The van der Waals surface area contributed by atoms with E-state index >= 15 is 0 Å². The van der Waals surface area contributed by atoms with Crippen LogP contribution in [0, 0.1) is 5.82 Å². The van der Waals surface area contributed by atoms with Gasteiger partial charge in [0.2, 0.25) is 5.91 Å². The lowest BCUT2D eigenvalue weighted by Crippen LogP contribution is -2.43. The van der Waals surface area contributed by atoms with Gasteiger partial charge in [0.25, 0.3) is 0 Å². The fourth-order valence-electron chi connectivity index (χ4n) is 3.13. The Labute approximate surface area is 178 Å². The van der Waals surface area contributed by atoms with Crippen molar-refractivity contribution in [3.8, 4) is 0 Å². The van der Waals surface area contributed by atoms with Crippen LogP contribution < -0.4 is 16.0 Å². The molecule has 1 aromatic carbocycles. The number of halogens is 2. The third-order valence-electron chi connectivity index (χ3n) is 4.60. The van der Waals surface area contributed by atoms with Crippen molar-refractivity contribution in [2.24, 2.45) is 4.99 Å². The number of carbonyl (C=O) groups excluding carboxylic acids is 1. The molecule has 1 atom stereocenters. The zero-order chi connectivity index (χ0) is 18.8. The Balaban J connectivity index is 0.00000364. The third-order valence-corrected chi connectivity index (χ3v) is 4.60. The lowest BCUT2D eigenvalue weighted by Gasteiger charge is -2.33. The molecule has 2 rings (SSSR count). The minimum Gasteiger partial charge on any atom is -0.356 e. The Morgan fingerprint density at radius 2 is 2.15 bits per heavy atom. The number of aliphatic imine (C=N–C) groups is 1. The number of piperidine rings is 1. The fraction of sp³-hybridized carbons (Fsp3) is 0.579. The van der Waals surface area contributed by atoms with Crippen molar-refractivity contribution in [1.82, 2.24) is 15.5 Å². The number of amides is 1. The molecule has 3 N–H and O–H groups in total. The molecule has 0 aliphatic carbocycles. The van der Waals surface area contributed by atoms with Gasteiger partial charge in [0.1, 0.15) is 5.82 Å². The number of likely N-dealkylation sites (tertiary alicyclic amines) is 1. The molecule has 0 aromatic heterocycles. The molecule has 1 fully saturated rings. The van der Waals surface area contributed by atoms with Crippen LogP contribution in [-0.2, 0) is 4.79 Å². The summed E-state index contributed by atoms with van der Waals surface area (Å²) in [5.41, 5.74) is 0.440. The molecule has 1 aromatic rings. The monoisotopic (exact) mass is 491 g/mol. The van der Waals surface area contributed by atoms with E-state index in [1.807, 2.05) is 0 Å². The molecule has 8 heteroatoms. The van der Waals surface area contributed by atoms with Gasteiger partial charge in [0, 0.05) is 31.9 Å². The van der Waals surface area contributed by atoms with E-state index in [0.29, 0.717) is 17.7 Å². The van der Waals surface area contributed by atoms with E-state index < -0.39 is 0 Å². The van der Waals surface area contributed by atoms with Gasteiger partial charge in [-0.3, -0.25) is 9.79 Å². The number of hydrogen-bond donors (Lipinski definition) is 3. The molecule has 0 bridgehead atoms. The molecule has 27 heavy (non-hydrogen) atoms. The highest BCUT2D eigenvalue weighted by Crippen LogP contribution is 2.16. The van der Waals surface area contributed by atoms with E-state index in [9.17, 15) is 9.18 Å². The first-order chi connectivity index (χ1) is 12.6. The Morgan fingerprint density at radius 3 is 2.85 bits per heavy atom. The summed E-state index contributed by atoms with van der Waals surface area (Å²) >= 11 is 0. The standard InChI is InChI=1S/C19H30FN5O.HI/c1-15-7-3-4-11-25(15)12-6-10-22-19(21-2)23-14-18(26)24-17-9-5-8-16(20)13-17;/h5,8-9,13,15H,3-4,6-7,10-12,14H2,1-2H3,(H,24,26)(H2,21,22,23);1H. The third kappa shape index (κ3) is 8.87. The van der Waals surface area contributed by atoms with Gasteiger partial charge in [-0.25, -0.2) is 4.39 Å². The van der Waals surface area contributed by atoms with E-state index in [1.54, 1.807) is 19.2 Å². The Morgan fingerprint density at radius 1 is 1.33 bits per heavy atom. The van der Waals surface area contributed by atoms with Crippen LogP contribution in [0.4, 0.5) is 10.1 Å². The molecule has 1 aliphatic heterocycles. The minimum absolute atomic E-state index is 0. The van der Waals surface area contributed by atoms with Gasteiger partial charge in [0.05, 0.1) is 6.54 Å². The van der Waals surface area contributed by atoms with Crippen LogP contribution >= 0.6 is 24.0 Å². The highest BCUT2D eigenvalue weighted by molar-refractivity contribution is 14.0. The zero-order valence-corrected chi connectivity index (χ0v) is 18.5. The summed E-state index contributed by atoms with van der Waals surface area (Å²) in [4.78, 5) is 18.6. The van der Waals surface area contributed by atoms with E-state index in [4.69, 9.17) is 0 Å². The second-order valence-corrected chi connectivity index (χ2v) is 6.65. The molecule has 1 amide bonds. The van der Waals surface area contributed by atoms with Crippen molar-refractivity contribution in [2.75, 3.05) is 38.5 Å². The highest BCUT2D eigenvalue weighted by Gasteiger charge is 2.17. The van der Waals surface area contributed by atoms with Crippen LogP contribution in [0.3, 0.4) is 0 Å². The maximum absolute atomic E-state index is 13.1. The minimum atomic E-state index is -0.378. The number of hydrogen-bond acceptors (Lipinski definition) is 3. The molecule has 1 heterocycles. The van der Waals surface area contributed by atoms with E-state index in [2.05, 4.69) is 32.8 Å². The average molecular weight is 491 g/mol. The van der Waals surface area contributed by atoms with E-state index in [0.717, 1.165) is 19.5 Å². The van der Waals surface area contributed by atoms with Gasteiger partial charge in [-0.15, -0.1) is 24.0 Å². The predicted molar refractivity (Wildman–Crippen MR) is 119 cm³/mol. The molecule has 0 radical (unpaired) electrons. The van der Waals surface area contributed by atoms with Crippen LogP contribution in [0.1, 0.15) is 32.6 Å². The Bertz CT molecular complexity index is 614. The maximum atomic E-state index is 13.1. The van der Waals surface area contributed by atoms with E-state index in [1.165, 1.54) is 37.9 Å². The van der Waals surface area contributed by atoms with Gasteiger partial charge < -0.3 is 20.9 Å². The summed E-state index contributed by atoms with van der Waals surface area (Å²) in [6, 6.07) is 6.50. The van der Waals surface area contributed by atoms with Crippen LogP contribution in [0.15, 0.2) is 29.3 Å². The van der Waals surface area contributed by atoms with Crippen molar-refractivity contribution in [3.05, 3.63) is 30.1 Å². The number of carbonyl (C=O) groups is 1. The molecule has 1 aliphatic rings. The summed E-state index contributed by atoms with van der Waals surface area (Å²) < 4.78 is 13.1. The lowest BCUT2D eigenvalue weighted by molar-refractivity contribution is -0.115. The maximum Gasteiger partial charge on any atom is 0.243 e. The van der Waals surface area contributed by atoms with Gasteiger partial charge in [-0.05, 0) is 50.9 Å². The summed E-state index contributed by atoms with van der Waals surface area (Å²) in [5.74, 6) is -0.0389. The second kappa shape index (κ2) is 12.9. The molecule has 0 spiro atoms. The molecule has 1 unspecified atom stereocenters. The van der Waals surface area contributed by atoms with Crippen LogP contribution in [-0.4, -0.2) is 56.0 Å². The number of rotatable bonds is 7. The van der Waals surface area contributed by atoms with Crippen LogP contribution in [0.25, 0.3) is 0 Å². The lowest BCUT2D eigenvalue weighted by atomic mass is 10.0. The molecular weight excluding hydrogens is 460 g/mol. The van der Waals surface area contributed by atoms with Gasteiger partial charge >= 0.3 is 0 Å². The van der Waals surface area contributed by atoms with Crippen molar-refractivity contribution in [2.45, 2.75) is 38.6 Å². The summed E-state index contributed by atoms with van der Waals surface area (Å²) in [7, 11) is 1.67. The Kier molecular flexibility index (Phi) is 11.3. The van der Waals surface area contributed by atoms with Gasteiger partial charge in [-0.1, -0.05) is 12.5 Å². The Hall–Kier alpha value is -1.42. The summed E-state index contributed by atoms with van der Waals surface area (Å²) in [5, 5.41) is 8.84. The fourth-order valence-corrected chi connectivity index (χ4v) is 3.13. The first-order valence-electron chi connectivity index (χ1n) is 9.32. The normalized spacial score (nSPS) is 17.7. The number of nitrogens with zero attached hydrogens (tertiary/aromatic N) is 2. The van der Waals surface area contributed by atoms with E-state index in [-0.39, 0.29) is 42.2 Å². The first kappa shape index (κ1) is 23.6. The molecule has 0 saturated carbocycles. The average Bonchev–Trinajstić information content (AvgIpc) is 2.62. The van der Waals surface area contributed by atoms with Crippen LogP contribution in [0.5, 0.6) is 0 Å². The predicted octanol–water partition coefficient (Wildman–Crippen LogP) is 2.81. The second-order valence-electron chi connectivity index (χ2n) is 6.65. The van der Waals surface area contributed by atoms with Crippen molar-refractivity contribution in [1.29, 1.82) is 0 Å². The number of anilines is 1. The first-order valence-corrected chi connectivity index (χ1v) is 9.32. The van der Waals surface area contributed by atoms with Crippen LogP contribution in [0.2, 0.25) is 0 Å². The largest absolute Gasteiger partial charge is 0.356 e. The number of guanidine groups is 1. The topological polar surface area (TPSA) is 68.8 Å². The molecule has 1 saturated heterocycles. The summed E-state index contributed by atoms with van der Waals surface area (Å²) in [6.07, 6.45) is 4.95. The molecule has 152 valence electrons. The smallest absolute Gasteiger partial charge is 0.243 e.